The molecular formula is C18H24IN5. The summed E-state index contributed by atoms with van der Waals surface area (Å²) in [6.45, 7) is 0.535. The number of aryl methyl sites for hydroxylation is 2. The minimum Gasteiger partial charge on any atom is -0.370 e. The number of nitrogens with one attached hydrogen (secondary N) is 1. The van der Waals surface area contributed by atoms with E-state index >= 15 is 0 Å². The smallest absolute Gasteiger partial charge is 0.193 e. The third-order valence-electron chi connectivity index (χ3n) is 4.07. The maximum Gasteiger partial charge on any atom is 0.193 e. The molecule has 3 N–H and O–H groups in total. The number of nitrogens with zero attached hydrogens (tertiary/aromatic N) is 3. The van der Waals surface area contributed by atoms with Crippen LogP contribution in [0.2, 0.25) is 0 Å². The molecule has 0 spiro atoms. The van der Waals surface area contributed by atoms with Crippen LogP contribution >= 0.6 is 24.0 Å². The highest BCUT2D eigenvalue weighted by atomic mass is 127. The predicted octanol–water partition coefficient (Wildman–Crippen LogP) is 3.18. The molecule has 0 atom stereocenters. The Bertz CT molecular complexity index is 727. The molecule has 1 aromatic heterocycles. The van der Waals surface area contributed by atoms with Gasteiger partial charge in [-0.3, -0.25) is 0 Å². The van der Waals surface area contributed by atoms with Gasteiger partial charge < -0.3 is 16.0 Å². The maximum absolute atomic E-state index is 6.01. The summed E-state index contributed by atoms with van der Waals surface area (Å²) in [6.07, 6.45) is 5.39. The van der Waals surface area contributed by atoms with Crippen molar-refractivity contribution >= 4 is 41.4 Å². The lowest BCUT2D eigenvalue weighted by Crippen LogP contribution is -2.22. The van der Waals surface area contributed by atoms with Crippen LogP contribution in [0, 0.1) is 0 Å². The molecule has 0 radical (unpaired) electrons. The Morgan fingerprint density at radius 1 is 1.21 bits per heavy atom. The molecule has 1 aliphatic rings. The third kappa shape index (κ3) is 4.59. The van der Waals surface area contributed by atoms with Gasteiger partial charge in [0.1, 0.15) is 5.82 Å². The second-order valence-electron chi connectivity index (χ2n) is 6.08. The molecular weight excluding hydrogens is 413 g/mol. The average molecular weight is 437 g/mol. The van der Waals surface area contributed by atoms with Gasteiger partial charge in [-0.15, -0.1) is 24.0 Å². The Balaban J connectivity index is 0.00000208. The molecule has 0 aliphatic heterocycles. The number of fused-ring (bicyclic) bond motifs is 1. The van der Waals surface area contributed by atoms with Crippen molar-refractivity contribution in [2.75, 3.05) is 24.3 Å². The van der Waals surface area contributed by atoms with Crippen molar-refractivity contribution in [2.24, 2.45) is 10.7 Å². The zero-order valence-corrected chi connectivity index (χ0v) is 16.5. The van der Waals surface area contributed by atoms with Gasteiger partial charge in [-0.2, -0.15) is 0 Å². The largest absolute Gasteiger partial charge is 0.370 e. The summed E-state index contributed by atoms with van der Waals surface area (Å²) in [4.78, 5) is 10.7. The summed E-state index contributed by atoms with van der Waals surface area (Å²) in [5.41, 5.74) is 11.0. The molecule has 0 bridgehead atoms. The van der Waals surface area contributed by atoms with Crippen LogP contribution in [0.3, 0.4) is 0 Å². The van der Waals surface area contributed by atoms with E-state index in [-0.39, 0.29) is 24.0 Å². The first-order chi connectivity index (χ1) is 11.1. The molecule has 1 aliphatic carbocycles. The van der Waals surface area contributed by atoms with Gasteiger partial charge in [0.05, 0.1) is 6.54 Å². The topological polar surface area (TPSA) is 66.5 Å². The fourth-order valence-corrected chi connectivity index (χ4v) is 2.82. The van der Waals surface area contributed by atoms with Crippen LogP contribution in [0.1, 0.15) is 23.1 Å². The van der Waals surface area contributed by atoms with Gasteiger partial charge >= 0.3 is 0 Å². The molecule has 128 valence electrons. The fourth-order valence-electron chi connectivity index (χ4n) is 2.82. The number of aromatic nitrogens is 1. The zero-order chi connectivity index (χ0) is 16.2. The highest BCUT2D eigenvalue weighted by Crippen LogP contribution is 2.24. The van der Waals surface area contributed by atoms with Crippen LogP contribution in [-0.4, -0.2) is 25.0 Å². The normalized spacial score (nSPS) is 13.2. The summed E-state index contributed by atoms with van der Waals surface area (Å²) in [5.74, 6) is 1.36. The molecule has 6 heteroatoms. The number of pyridine rings is 1. The summed E-state index contributed by atoms with van der Waals surface area (Å²) < 4.78 is 0. The van der Waals surface area contributed by atoms with Gasteiger partial charge in [0.25, 0.3) is 0 Å². The molecule has 1 heterocycles. The van der Waals surface area contributed by atoms with Crippen molar-refractivity contribution in [1.82, 2.24) is 4.98 Å². The van der Waals surface area contributed by atoms with Crippen LogP contribution < -0.4 is 16.0 Å². The SMILES string of the molecule is CN(C)c1cc(CN=C(N)Nc2ccc3c(c2)CCC3)ccn1.I. The molecule has 0 amide bonds. The number of halogens is 1. The Kier molecular flexibility index (Phi) is 6.42. The lowest BCUT2D eigenvalue weighted by atomic mass is 10.1. The van der Waals surface area contributed by atoms with E-state index < -0.39 is 0 Å². The number of nitrogens with two attached hydrogens (primary N) is 1. The lowest BCUT2D eigenvalue weighted by Gasteiger charge is -2.11. The van der Waals surface area contributed by atoms with Gasteiger partial charge in [0.2, 0.25) is 0 Å². The van der Waals surface area contributed by atoms with Crippen molar-refractivity contribution in [3.63, 3.8) is 0 Å². The molecule has 0 fully saturated rings. The molecule has 24 heavy (non-hydrogen) atoms. The number of hydrogen-bond donors (Lipinski definition) is 2. The summed E-state index contributed by atoms with van der Waals surface area (Å²) >= 11 is 0. The first-order valence-electron chi connectivity index (χ1n) is 7.93. The van der Waals surface area contributed by atoms with E-state index in [1.165, 1.54) is 24.0 Å². The molecule has 3 rings (SSSR count). The first-order valence-corrected chi connectivity index (χ1v) is 7.93. The van der Waals surface area contributed by atoms with Gasteiger partial charge in [-0.25, -0.2) is 9.98 Å². The maximum atomic E-state index is 6.01. The van der Waals surface area contributed by atoms with E-state index in [0.717, 1.165) is 23.5 Å². The van der Waals surface area contributed by atoms with Crippen molar-refractivity contribution in [3.05, 3.63) is 53.2 Å². The molecule has 5 nitrogen and oxygen atoms in total. The number of rotatable bonds is 4. The Morgan fingerprint density at radius 2 is 2.00 bits per heavy atom. The quantitative estimate of drug-likeness (QED) is 0.438. The Hall–Kier alpha value is -1.83. The summed E-state index contributed by atoms with van der Waals surface area (Å²) in [6, 6.07) is 10.4. The number of aliphatic imine (C=N–C) groups is 1. The summed E-state index contributed by atoms with van der Waals surface area (Å²) in [5, 5.41) is 3.18. The van der Waals surface area contributed by atoms with Gasteiger partial charge in [-0.05, 0) is 60.2 Å². The molecule has 1 aromatic carbocycles. The van der Waals surface area contributed by atoms with Gasteiger partial charge in [0, 0.05) is 26.0 Å². The van der Waals surface area contributed by atoms with E-state index in [1.807, 2.05) is 31.1 Å². The minimum absolute atomic E-state index is 0. The van der Waals surface area contributed by atoms with E-state index in [2.05, 4.69) is 33.5 Å². The second kappa shape index (κ2) is 8.32. The minimum atomic E-state index is 0. The van der Waals surface area contributed by atoms with Crippen molar-refractivity contribution in [1.29, 1.82) is 0 Å². The summed E-state index contributed by atoms with van der Waals surface area (Å²) in [7, 11) is 3.94. The third-order valence-corrected chi connectivity index (χ3v) is 4.07. The van der Waals surface area contributed by atoms with Gasteiger partial charge in [-0.1, -0.05) is 6.07 Å². The van der Waals surface area contributed by atoms with Gasteiger partial charge in [0.15, 0.2) is 5.96 Å². The van der Waals surface area contributed by atoms with Crippen molar-refractivity contribution in [2.45, 2.75) is 25.8 Å². The van der Waals surface area contributed by atoms with E-state index in [1.54, 1.807) is 6.20 Å². The van der Waals surface area contributed by atoms with Crippen LogP contribution in [0.25, 0.3) is 0 Å². The first kappa shape index (κ1) is 18.5. The second-order valence-corrected chi connectivity index (χ2v) is 6.08. The fraction of sp³-hybridized carbons (Fsp3) is 0.333. The van der Waals surface area contributed by atoms with Crippen molar-refractivity contribution < 1.29 is 0 Å². The van der Waals surface area contributed by atoms with Crippen LogP contribution in [-0.2, 0) is 19.4 Å². The average Bonchev–Trinajstić information content (AvgIpc) is 3.01. The highest BCUT2D eigenvalue weighted by molar-refractivity contribution is 14.0. The molecule has 0 unspecified atom stereocenters. The van der Waals surface area contributed by atoms with Crippen LogP contribution in [0.5, 0.6) is 0 Å². The highest BCUT2D eigenvalue weighted by Gasteiger charge is 2.10. The Morgan fingerprint density at radius 3 is 2.79 bits per heavy atom. The van der Waals surface area contributed by atoms with Crippen molar-refractivity contribution in [3.8, 4) is 0 Å². The predicted molar refractivity (Wildman–Crippen MR) is 111 cm³/mol. The molecule has 0 saturated carbocycles. The molecule has 2 aromatic rings. The standard InChI is InChI=1S/C18H23N5.HI/c1-23(2)17-10-13(8-9-20-17)12-21-18(19)22-16-7-6-14-4-3-5-15(14)11-16;/h6-11H,3-5,12H2,1-2H3,(H3,19,21,22);1H. The molecule has 0 saturated heterocycles. The number of anilines is 2. The van der Waals surface area contributed by atoms with E-state index in [0.29, 0.717) is 12.5 Å². The van der Waals surface area contributed by atoms with Crippen LogP contribution in [0.4, 0.5) is 11.5 Å². The number of hydrogen-bond acceptors (Lipinski definition) is 3. The number of guanidine groups is 1. The van der Waals surface area contributed by atoms with E-state index in [4.69, 9.17) is 5.73 Å². The number of benzene rings is 1. The lowest BCUT2D eigenvalue weighted by molar-refractivity contribution is 0.912. The van der Waals surface area contributed by atoms with Crippen LogP contribution in [0.15, 0.2) is 41.5 Å². The zero-order valence-electron chi connectivity index (χ0n) is 14.1. The monoisotopic (exact) mass is 437 g/mol. The Labute approximate surface area is 160 Å². The van der Waals surface area contributed by atoms with E-state index in [9.17, 15) is 0 Å².